The Morgan fingerprint density at radius 3 is 2.26 bits per heavy atom. The summed E-state index contributed by atoms with van der Waals surface area (Å²) in [4.78, 5) is 28.6. The van der Waals surface area contributed by atoms with Crippen LogP contribution in [0.1, 0.15) is 22.8 Å². The monoisotopic (exact) mass is 411 g/mol. The summed E-state index contributed by atoms with van der Waals surface area (Å²) in [6, 6.07) is 22.3. The van der Waals surface area contributed by atoms with Crippen molar-refractivity contribution in [1.29, 1.82) is 0 Å². The summed E-state index contributed by atoms with van der Waals surface area (Å²) in [6.07, 6.45) is 0. The second kappa shape index (κ2) is 8.62. The van der Waals surface area contributed by atoms with E-state index in [9.17, 15) is 9.59 Å². The van der Waals surface area contributed by atoms with Gasteiger partial charge in [-0.05, 0) is 48.9 Å². The van der Waals surface area contributed by atoms with Crippen LogP contribution < -0.4 is 10.6 Å². The zero-order chi connectivity index (χ0) is 21.8. The molecule has 0 fully saturated rings. The van der Waals surface area contributed by atoms with Crippen LogP contribution in [0.4, 0.5) is 11.4 Å². The summed E-state index contributed by atoms with van der Waals surface area (Å²) >= 11 is 0. The number of hydrogen-bond acceptors (Lipinski definition) is 4. The van der Waals surface area contributed by atoms with E-state index in [1.807, 2.05) is 61.5 Å². The summed E-state index contributed by atoms with van der Waals surface area (Å²) in [7, 11) is 0. The predicted molar refractivity (Wildman–Crippen MR) is 121 cm³/mol. The van der Waals surface area contributed by atoms with E-state index in [1.54, 1.807) is 18.2 Å². The molecule has 1 aromatic heterocycles. The number of anilines is 2. The molecule has 7 heteroatoms. The molecule has 4 rings (SSSR count). The molecule has 0 unspecified atom stereocenters. The summed E-state index contributed by atoms with van der Waals surface area (Å²) in [5.74, 6) is 0.843. The van der Waals surface area contributed by atoms with Crippen molar-refractivity contribution in [3.8, 4) is 22.8 Å². The number of hydrogen-bond donors (Lipinski definition) is 3. The van der Waals surface area contributed by atoms with Gasteiger partial charge in [0.05, 0.1) is 0 Å². The third kappa shape index (κ3) is 4.67. The second-order valence-electron chi connectivity index (χ2n) is 7.12. The Hall–Kier alpha value is -4.26. The predicted octanol–water partition coefficient (Wildman–Crippen LogP) is 4.66. The van der Waals surface area contributed by atoms with Gasteiger partial charge in [0, 0.05) is 35.0 Å². The van der Waals surface area contributed by atoms with Crippen molar-refractivity contribution in [2.75, 3.05) is 10.6 Å². The fourth-order valence-electron chi connectivity index (χ4n) is 3.16. The van der Waals surface area contributed by atoms with E-state index in [1.165, 1.54) is 6.92 Å². The molecule has 0 radical (unpaired) electrons. The van der Waals surface area contributed by atoms with Gasteiger partial charge in [-0.25, -0.2) is 4.98 Å². The van der Waals surface area contributed by atoms with E-state index in [4.69, 9.17) is 0 Å². The largest absolute Gasteiger partial charge is 0.326 e. The number of carbonyl (C=O) groups excluding carboxylic acids is 2. The Morgan fingerprint density at radius 2 is 1.55 bits per heavy atom. The van der Waals surface area contributed by atoms with Crippen molar-refractivity contribution in [2.24, 2.45) is 0 Å². The Morgan fingerprint density at radius 1 is 0.839 bits per heavy atom. The summed E-state index contributed by atoms with van der Waals surface area (Å²) < 4.78 is 0. The minimum Gasteiger partial charge on any atom is -0.326 e. The van der Waals surface area contributed by atoms with Gasteiger partial charge in [0.1, 0.15) is 0 Å². The normalized spacial score (nSPS) is 10.5. The van der Waals surface area contributed by atoms with Crippen molar-refractivity contribution < 1.29 is 9.59 Å². The third-order valence-electron chi connectivity index (χ3n) is 4.74. The van der Waals surface area contributed by atoms with Gasteiger partial charge in [0.2, 0.25) is 5.91 Å². The molecule has 0 saturated heterocycles. The van der Waals surface area contributed by atoms with Gasteiger partial charge < -0.3 is 10.6 Å². The van der Waals surface area contributed by atoms with Gasteiger partial charge in [-0.1, -0.05) is 36.4 Å². The summed E-state index contributed by atoms with van der Waals surface area (Å²) in [5, 5.41) is 12.8. The Kier molecular flexibility index (Phi) is 5.57. The number of aromatic nitrogens is 3. The number of aryl methyl sites for hydroxylation is 1. The highest BCUT2D eigenvalue weighted by molar-refractivity contribution is 6.06. The maximum absolute atomic E-state index is 12.7. The van der Waals surface area contributed by atoms with Crippen LogP contribution >= 0.6 is 0 Å². The molecule has 3 N–H and O–H groups in total. The van der Waals surface area contributed by atoms with Crippen molar-refractivity contribution in [3.05, 3.63) is 83.9 Å². The number of nitrogens with zero attached hydrogens (tertiary/aromatic N) is 2. The molecule has 0 spiro atoms. The molecule has 0 atom stereocenters. The first-order valence-electron chi connectivity index (χ1n) is 9.77. The Bertz CT molecular complexity index is 1230. The first kappa shape index (κ1) is 20.0. The van der Waals surface area contributed by atoms with Gasteiger partial charge in [0.15, 0.2) is 11.6 Å². The molecule has 154 valence electrons. The molecule has 2 amide bonds. The van der Waals surface area contributed by atoms with E-state index in [-0.39, 0.29) is 11.8 Å². The number of amides is 2. The van der Waals surface area contributed by atoms with E-state index < -0.39 is 0 Å². The number of benzene rings is 3. The van der Waals surface area contributed by atoms with Crippen LogP contribution in [0.15, 0.2) is 72.8 Å². The molecule has 0 bridgehead atoms. The second-order valence-corrected chi connectivity index (χ2v) is 7.12. The van der Waals surface area contributed by atoms with E-state index >= 15 is 0 Å². The molecule has 0 saturated carbocycles. The number of aromatic amines is 1. The average Bonchev–Trinajstić information content (AvgIpc) is 3.26. The number of carbonyl (C=O) groups is 2. The van der Waals surface area contributed by atoms with Crippen molar-refractivity contribution in [2.45, 2.75) is 13.8 Å². The molecular weight excluding hydrogens is 390 g/mol. The lowest BCUT2D eigenvalue weighted by Gasteiger charge is -2.10. The van der Waals surface area contributed by atoms with Crippen LogP contribution in [0.5, 0.6) is 0 Å². The van der Waals surface area contributed by atoms with Gasteiger partial charge in [-0.3, -0.25) is 14.7 Å². The summed E-state index contributed by atoms with van der Waals surface area (Å²) in [5.41, 5.74) is 4.35. The van der Waals surface area contributed by atoms with E-state index in [0.717, 1.165) is 16.7 Å². The highest BCUT2D eigenvalue weighted by atomic mass is 16.2. The molecule has 31 heavy (non-hydrogen) atoms. The Labute approximate surface area is 179 Å². The number of rotatable bonds is 5. The summed E-state index contributed by atoms with van der Waals surface area (Å²) in [6.45, 7) is 3.28. The highest BCUT2D eigenvalue weighted by Crippen LogP contribution is 2.22. The SMILES string of the molecule is CC(=O)Nc1ccc(C)c(C(=O)Nc2ccc(-c3nc(-c4ccccc4)n[nH]3)cc2)c1. The highest BCUT2D eigenvalue weighted by Gasteiger charge is 2.12. The lowest BCUT2D eigenvalue weighted by Crippen LogP contribution is -2.14. The van der Waals surface area contributed by atoms with Crippen LogP contribution in [0.25, 0.3) is 22.8 Å². The maximum atomic E-state index is 12.7. The van der Waals surface area contributed by atoms with Crippen LogP contribution in [0.2, 0.25) is 0 Å². The molecule has 7 nitrogen and oxygen atoms in total. The van der Waals surface area contributed by atoms with Gasteiger partial charge >= 0.3 is 0 Å². The van der Waals surface area contributed by atoms with Crippen LogP contribution in [0, 0.1) is 6.92 Å². The number of nitrogens with one attached hydrogen (secondary N) is 3. The van der Waals surface area contributed by atoms with E-state index in [2.05, 4.69) is 25.8 Å². The smallest absolute Gasteiger partial charge is 0.256 e. The first-order valence-corrected chi connectivity index (χ1v) is 9.77. The molecule has 1 heterocycles. The Balaban J connectivity index is 1.49. The van der Waals surface area contributed by atoms with Gasteiger partial charge in [-0.2, -0.15) is 5.10 Å². The molecule has 0 aliphatic carbocycles. The van der Waals surface area contributed by atoms with Crippen LogP contribution in [-0.2, 0) is 4.79 Å². The topological polar surface area (TPSA) is 99.8 Å². The molecule has 0 aliphatic heterocycles. The molecule has 3 aromatic carbocycles. The maximum Gasteiger partial charge on any atom is 0.256 e. The lowest BCUT2D eigenvalue weighted by atomic mass is 10.1. The lowest BCUT2D eigenvalue weighted by molar-refractivity contribution is -0.114. The zero-order valence-electron chi connectivity index (χ0n) is 17.1. The minimum atomic E-state index is -0.247. The zero-order valence-corrected chi connectivity index (χ0v) is 17.1. The molecule has 4 aromatic rings. The fourth-order valence-corrected chi connectivity index (χ4v) is 3.16. The third-order valence-corrected chi connectivity index (χ3v) is 4.74. The molecule has 0 aliphatic rings. The van der Waals surface area contributed by atoms with Gasteiger partial charge in [-0.15, -0.1) is 0 Å². The van der Waals surface area contributed by atoms with Crippen molar-refractivity contribution in [3.63, 3.8) is 0 Å². The minimum absolute atomic E-state index is 0.186. The number of H-pyrrole nitrogens is 1. The first-order chi connectivity index (χ1) is 15.0. The van der Waals surface area contributed by atoms with Crippen LogP contribution in [-0.4, -0.2) is 27.0 Å². The average molecular weight is 411 g/mol. The van der Waals surface area contributed by atoms with Gasteiger partial charge in [0.25, 0.3) is 5.91 Å². The standard InChI is InChI=1S/C24H21N5O2/c1-15-8-11-20(25-16(2)30)14-21(15)24(31)26-19-12-9-18(10-13-19)23-27-22(28-29-23)17-6-4-3-5-7-17/h3-14H,1-2H3,(H,25,30)(H,26,31)(H,27,28,29). The van der Waals surface area contributed by atoms with Crippen LogP contribution in [0.3, 0.4) is 0 Å². The van der Waals surface area contributed by atoms with Crippen molar-refractivity contribution in [1.82, 2.24) is 15.2 Å². The van der Waals surface area contributed by atoms with E-state index in [0.29, 0.717) is 28.6 Å². The quantitative estimate of drug-likeness (QED) is 0.445. The fraction of sp³-hybridized carbons (Fsp3) is 0.0833. The van der Waals surface area contributed by atoms with Crippen molar-refractivity contribution >= 4 is 23.2 Å². The molecular formula is C24H21N5O2.